The number of halogens is 1. The van der Waals surface area contributed by atoms with E-state index in [0.717, 1.165) is 12.5 Å². The lowest BCUT2D eigenvalue weighted by Crippen LogP contribution is -2.41. The van der Waals surface area contributed by atoms with Crippen molar-refractivity contribution in [3.8, 4) is 0 Å². The summed E-state index contributed by atoms with van der Waals surface area (Å²) >= 11 is 0. The molecule has 19 heavy (non-hydrogen) atoms. The van der Waals surface area contributed by atoms with E-state index < -0.39 is 0 Å². The van der Waals surface area contributed by atoms with E-state index in [1.165, 1.54) is 32.1 Å². The van der Waals surface area contributed by atoms with Crippen LogP contribution in [0.4, 0.5) is 0 Å². The van der Waals surface area contributed by atoms with E-state index in [-0.39, 0.29) is 24.0 Å². The Morgan fingerprint density at radius 1 is 1.26 bits per heavy atom. The topological polar surface area (TPSA) is 53.6 Å². The largest absolute Gasteiger partial charge is 0.370 e. The minimum absolute atomic E-state index is 0. The van der Waals surface area contributed by atoms with Crippen molar-refractivity contribution in [3.63, 3.8) is 0 Å². The summed E-state index contributed by atoms with van der Waals surface area (Å²) in [5.74, 6) is 1.36. The van der Waals surface area contributed by atoms with Crippen molar-refractivity contribution < 1.29 is 0 Å². The summed E-state index contributed by atoms with van der Waals surface area (Å²) in [5, 5.41) is 3.15. The molecule has 0 aromatic carbocycles. The van der Waals surface area contributed by atoms with Crippen LogP contribution < -0.4 is 11.1 Å². The summed E-state index contributed by atoms with van der Waals surface area (Å²) in [6, 6.07) is 0.874. The maximum Gasteiger partial charge on any atom is 0.188 e. The van der Waals surface area contributed by atoms with Gasteiger partial charge in [-0.3, -0.25) is 4.99 Å². The number of likely N-dealkylation sites (N-methyl/N-ethyl adjacent to an activating group) is 1. The van der Waals surface area contributed by atoms with Crippen LogP contribution in [-0.4, -0.2) is 43.6 Å². The normalized spacial score (nSPS) is 19.4. The molecule has 1 rings (SSSR count). The van der Waals surface area contributed by atoms with Crippen LogP contribution in [0.25, 0.3) is 0 Å². The number of aliphatic imine (C=N–C) groups is 1. The van der Waals surface area contributed by atoms with Crippen LogP contribution in [0.3, 0.4) is 0 Å². The molecular weight excluding hydrogens is 351 g/mol. The fourth-order valence-corrected chi connectivity index (χ4v) is 2.79. The second-order valence-corrected chi connectivity index (χ2v) is 5.95. The Kier molecular flexibility index (Phi) is 9.78. The molecule has 114 valence electrons. The summed E-state index contributed by atoms with van der Waals surface area (Å²) in [4.78, 5) is 6.81. The molecule has 0 heterocycles. The summed E-state index contributed by atoms with van der Waals surface area (Å²) < 4.78 is 0. The first-order valence-corrected chi connectivity index (χ1v) is 7.23. The Bertz CT molecular complexity index is 260. The van der Waals surface area contributed by atoms with Crippen LogP contribution in [-0.2, 0) is 0 Å². The Hall–Kier alpha value is -0.0400. The molecule has 0 aromatic rings. The monoisotopic (exact) mass is 382 g/mol. The van der Waals surface area contributed by atoms with E-state index in [4.69, 9.17) is 5.73 Å². The molecule has 0 aromatic heterocycles. The summed E-state index contributed by atoms with van der Waals surface area (Å²) in [5.41, 5.74) is 5.87. The first-order valence-electron chi connectivity index (χ1n) is 7.23. The van der Waals surface area contributed by atoms with Gasteiger partial charge in [0.05, 0.1) is 6.54 Å². The highest BCUT2D eigenvalue weighted by molar-refractivity contribution is 14.0. The van der Waals surface area contributed by atoms with Crippen LogP contribution >= 0.6 is 24.0 Å². The zero-order chi connectivity index (χ0) is 13.5. The van der Waals surface area contributed by atoms with Crippen molar-refractivity contribution in [3.05, 3.63) is 0 Å². The average Bonchev–Trinajstić information content (AvgIpc) is 2.29. The van der Waals surface area contributed by atoms with E-state index >= 15 is 0 Å². The van der Waals surface area contributed by atoms with Gasteiger partial charge in [0.2, 0.25) is 0 Å². The SMILES string of the molecule is CC(C)NC(N)=NCC(C1CCCCC1)N(C)C.I. The lowest BCUT2D eigenvalue weighted by atomic mass is 9.83. The molecule has 1 fully saturated rings. The zero-order valence-corrected chi connectivity index (χ0v) is 15.2. The van der Waals surface area contributed by atoms with Crippen LogP contribution in [0.1, 0.15) is 46.0 Å². The second-order valence-electron chi connectivity index (χ2n) is 5.95. The van der Waals surface area contributed by atoms with Crippen molar-refractivity contribution >= 4 is 29.9 Å². The molecule has 3 N–H and O–H groups in total. The van der Waals surface area contributed by atoms with Crippen molar-refractivity contribution in [2.45, 2.75) is 58.0 Å². The van der Waals surface area contributed by atoms with E-state index in [1.54, 1.807) is 0 Å². The predicted octanol–water partition coefficient (Wildman–Crippen LogP) is 2.43. The van der Waals surface area contributed by atoms with Gasteiger partial charge in [-0.05, 0) is 46.7 Å². The molecule has 4 nitrogen and oxygen atoms in total. The number of hydrogen-bond donors (Lipinski definition) is 2. The molecule has 5 heteroatoms. The van der Waals surface area contributed by atoms with Gasteiger partial charge in [0.25, 0.3) is 0 Å². The van der Waals surface area contributed by atoms with Crippen molar-refractivity contribution in [1.29, 1.82) is 0 Å². The number of rotatable bonds is 5. The van der Waals surface area contributed by atoms with E-state index in [2.05, 4.69) is 43.2 Å². The molecule has 0 spiro atoms. The maximum atomic E-state index is 5.87. The highest BCUT2D eigenvalue weighted by Gasteiger charge is 2.24. The molecule has 1 atom stereocenters. The van der Waals surface area contributed by atoms with Gasteiger partial charge in [-0.1, -0.05) is 19.3 Å². The summed E-state index contributed by atoms with van der Waals surface area (Å²) in [6.07, 6.45) is 6.83. The van der Waals surface area contributed by atoms with Crippen LogP contribution in [0.5, 0.6) is 0 Å². The Morgan fingerprint density at radius 3 is 2.32 bits per heavy atom. The number of nitrogens with two attached hydrogens (primary N) is 1. The van der Waals surface area contributed by atoms with Gasteiger partial charge in [-0.15, -0.1) is 24.0 Å². The molecule has 1 aliphatic rings. The van der Waals surface area contributed by atoms with Gasteiger partial charge < -0.3 is 16.0 Å². The van der Waals surface area contributed by atoms with Crippen molar-refractivity contribution in [2.24, 2.45) is 16.6 Å². The first kappa shape index (κ1) is 19.0. The van der Waals surface area contributed by atoms with Crippen LogP contribution in [0.15, 0.2) is 4.99 Å². The maximum absolute atomic E-state index is 5.87. The minimum atomic E-state index is 0. The summed E-state index contributed by atoms with van der Waals surface area (Å²) in [7, 11) is 4.31. The third-order valence-electron chi connectivity index (χ3n) is 3.74. The number of hydrogen-bond acceptors (Lipinski definition) is 2. The second kappa shape index (κ2) is 9.80. The van der Waals surface area contributed by atoms with Crippen molar-refractivity contribution in [2.75, 3.05) is 20.6 Å². The molecule has 0 radical (unpaired) electrons. The highest BCUT2D eigenvalue weighted by Crippen LogP contribution is 2.28. The van der Waals surface area contributed by atoms with Gasteiger partial charge in [-0.2, -0.15) is 0 Å². The molecule has 1 unspecified atom stereocenters. The minimum Gasteiger partial charge on any atom is -0.370 e. The Balaban J connectivity index is 0.00000324. The fourth-order valence-electron chi connectivity index (χ4n) is 2.79. The number of guanidine groups is 1. The number of nitrogens with one attached hydrogen (secondary N) is 1. The zero-order valence-electron chi connectivity index (χ0n) is 12.9. The highest BCUT2D eigenvalue weighted by atomic mass is 127. The summed E-state index contributed by atoms with van der Waals surface area (Å²) in [6.45, 7) is 4.96. The molecule has 1 saturated carbocycles. The third kappa shape index (κ3) is 7.34. The smallest absolute Gasteiger partial charge is 0.188 e. The molecule has 1 aliphatic carbocycles. The molecule has 0 aliphatic heterocycles. The molecule has 0 amide bonds. The third-order valence-corrected chi connectivity index (χ3v) is 3.74. The fraction of sp³-hybridized carbons (Fsp3) is 0.929. The average molecular weight is 382 g/mol. The van der Waals surface area contributed by atoms with Gasteiger partial charge in [0.1, 0.15) is 0 Å². The predicted molar refractivity (Wildman–Crippen MR) is 94.2 cm³/mol. The van der Waals surface area contributed by atoms with Crippen molar-refractivity contribution in [1.82, 2.24) is 10.2 Å². The Labute approximate surface area is 135 Å². The molecular formula is C14H31IN4. The molecule has 0 saturated heterocycles. The molecule has 0 bridgehead atoms. The quantitative estimate of drug-likeness (QED) is 0.436. The Morgan fingerprint density at radius 2 is 1.84 bits per heavy atom. The standard InChI is InChI=1S/C14H30N4.HI/c1-11(2)17-14(15)16-10-13(18(3)4)12-8-6-5-7-9-12;/h11-13H,5-10H2,1-4H3,(H3,15,16,17);1H. The van der Waals surface area contributed by atoms with E-state index in [0.29, 0.717) is 18.0 Å². The van der Waals surface area contributed by atoms with Gasteiger partial charge >= 0.3 is 0 Å². The van der Waals surface area contributed by atoms with Crippen LogP contribution in [0, 0.1) is 5.92 Å². The van der Waals surface area contributed by atoms with E-state index in [1.807, 2.05) is 0 Å². The number of nitrogens with zero attached hydrogens (tertiary/aromatic N) is 2. The van der Waals surface area contributed by atoms with E-state index in [9.17, 15) is 0 Å². The van der Waals surface area contributed by atoms with Gasteiger partial charge in [0.15, 0.2) is 5.96 Å². The van der Waals surface area contributed by atoms with Gasteiger partial charge in [-0.25, -0.2) is 0 Å². The first-order chi connectivity index (χ1) is 8.50. The van der Waals surface area contributed by atoms with Gasteiger partial charge in [0, 0.05) is 12.1 Å². The lowest BCUT2D eigenvalue weighted by molar-refractivity contribution is 0.176. The lowest BCUT2D eigenvalue weighted by Gasteiger charge is -2.33. The van der Waals surface area contributed by atoms with Crippen LogP contribution in [0.2, 0.25) is 0 Å².